The lowest BCUT2D eigenvalue weighted by Crippen LogP contribution is -2.10. The number of benzene rings is 2. The molecule has 0 aromatic heterocycles. The molecule has 0 amide bonds. The van der Waals surface area contributed by atoms with Crippen LogP contribution in [0.2, 0.25) is 0 Å². The Kier molecular flexibility index (Phi) is 4.47. The maximum absolute atomic E-state index is 13.0. The van der Waals surface area contributed by atoms with Gasteiger partial charge < -0.3 is 10.4 Å². The van der Waals surface area contributed by atoms with Gasteiger partial charge in [0, 0.05) is 18.3 Å². The fourth-order valence-corrected chi connectivity index (χ4v) is 1.94. The van der Waals surface area contributed by atoms with Crippen molar-refractivity contribution in [3.8, 4) is 0 Å². The summed E-state index contributed by atoms with van der Waals surface area (Å²) in [6, 6.07) is 6.54. The van der Waals surface area contributed by atoms with E-state index in [1.807, 2.05) is 0 Å². The largest absolute Gasteiger partial charge is 0.478 e. The summed E-state index contributed by atoms with van der Waals surface area (Å²) in [6.45, 7) is 0.259. The molecule has 0 fully saturated rings. The fraction of sp³-hybridized carbons (Fsp3) is 0.133. The van der Waals surface area contributed by atoms with Gasteiger partial charge in [0.05, 0.1) is 5.56 Å². The Morgan fingerprint density at radius 3 is 2.29 bits per heavy atom. The minimum absolute atomic E-state index is 0.194. The molecule has 2 rings (SSSR count). The highest BCUT2D eigenvalue weighted by molar-refractivity contribution is 5.94. The molecule has 0 aliphatic rings. The first-order chi connectivity index (χ1) is 9.95. The summed E-state index contributed by atoms with van der Waals surface area (Å²) in [4.78, 5) is 11.0. The van der Waals surface area contributed by atoms with Gasteiger partial charge in [0.25, 0.3) is 0 Å². The second kappa shape index (κ2) is 6.30. The molecular formula is C15H12F3NO2. The highest BCUT2D eigenvalue weighted by Gasteiger charge is 2.11. The van der Waals surface area contributed by atoms with Crippen molar-refractivity contribution in [3.63, 3.8) is 0 Å². The SMILES string of the molecule is O=C(O)c1cc(F)ccc1NCCc1cc(F)cc(F)c1. The van der Waals surface area contributed by atoms with Gasteiger partial charge >= 0.3 is 5.97 Å². The zero-order valence-corrected chi connectivity index (χ0v) is 10.9. The van der Waals surface area contributed by atoms with Gasteiger partial charge in [-0.15, -0.1) is 0 Å². The standard InChI is InChI=1S/C15H12F3NO2/c16-10-1-2-14(13(8-10)15(20)21)19-4-3-9-5-11(17)7-12(18)6-9/h1-2,5-8,19H,3-4H2,(H,20,21). The van der Waals surface area contributed by atoms with E-state index in [2.05, 4.69) is 5.32 Å². The van der Waals surface area contributed by atoms with E-state index in [4.69, 9.17) is 5.11 Å². The Balaban J connectivity index is 2.05. The summed E-state index contributed by atoms with van der Waals surface area (Å²) < 4.78 is 39.0. The van der Waals surface area contributed by atoms with Crippen LogP contribution in [0.3, 0.4) is 0 Å². The van der Waals surface area contributed by atoms with Crippen LogP contribution < -0.4 is 5.32 Å². The van der Waals surface area contributed by atoms with E-state index in [1.165, 1.54) is 18.2 Å². The highest BCUT2D eigenvalue weighted by Crippen LogP contribution is 2.17. The Hall–Kier alpha value is -2.50. The predicted molar refractivity (Wildman–Crippen MR) is 71.9 cm³/mol. The number of carboxylic acids is 1. The number of hydrogen-bond acceptors (Lipinski definition) is 2. The molecule has 3 nitrogen and oxygen atoms in total. The number of anilines is 1. The second-order valence-electron chi connectivity index (χ2n) is 4.45. The minimum atomic E-state index is -1.26. The van der Waals surface area contributed by atoms with E-state index < -0.39 is 23.4 Å². The maximum Gasteiger partial charge on any atom is 0.337 e. The average Bonchev–Trinajstić information content (AvgIpc) is 2.39. The molecule has 0 spiro atoms. The van der Waals surface area contributed by atoms with Crippen molar-refractivity contribution < 1.29 is 23.1 Å². The van der Waals surface area contributed by atoms with Gasteiger partial charge in [0.2, 0.25) is 0 Å². The molecule has 6 heteroatoms. The number of carboxylic acid groups (broad SMARTS) is 1. The van der Waals surface area contributed by atoms with Crippen LogP contribution in [0.1, 0.15) is 15.9 Å². The smallest absolute Gasteiger partial charge is 0.337 e. The van der Waals surface area contributed by atoms with E-state index in [9.17, 15) is 18.0 Å². The van der Waals surface area contributed by atoms with Crippen LogP contribution in [-0.2, 0) is 6.42 Å². The molecular weight excluding hydrogens is 283 g/mol. The molecule has 0 saturated carbocycles. The maximum atomic E-state index is 13.0. The molecule has 0 atom stereocenters. The minimum Gasteiger partial charge on any atom is -0.478 e. The summed E-state index contributed by atoms with van der Waals surface area (Å²) in [7, 11) is 0. The van der Waals surface area contributed by atoms with Gasteiger partial charge in [-0.05, 0) is 42.3 Å². The van der Waals surface area contributed by atoms with Gasteiger partial charge in [0.1, 0.15) is 17.5 Å². The third kappa shape index (κ3) is 3.98. The summed E-state index contributed by atoms with van der Waals surface area (Å²) in [5.74, 6) is -3.24. The van der Waals surface area contributed by atoms with Crippen LogP contribution in [0, 0.1) is 17.5 Å². The van der Waals surface area contributed by atoms with E-state index in [0.29, 0.717) is 12.0 Å². The molecule has 2 N–H and O–H groups in total. The third-order valence-corrected chi connectivity index (χ3v) is 2.86. The van der Waals surface area contributed by atoms with E-state index in [0.717, 1.165) is 18.2 Å². The van der Waals surface area contributed by atoms with Crippen LogP contribution in [0.4, 0.5) is 18.9 Å². The van der Waals surface area contributed by atoms with Crippen molar-refractivity contribution in [1.82, 2.24) is 0 Å². The number of halogens is 3. The molecule has 0 aliphatic heterocycles. The van der Waals surface area contributed by atoms with Crippen LogP contribution in [0.25, 0.3) is 0 Å². The van der Waals surface area contributed by atoms with Gasteiger partial charge in [-0.25, -0.2) is 18.0 Å². The molecule has 0 bridgehead atoms. The van der Waals surface area contributed by atoms with Gasteiger partial charge in [-0.3, -0.25) is 0 Å². The lowest BCUT2D eigenvalue weighted by molar-refractivity contribution is 0.0697. The first-order valence-electron chi connectivity index (χ1n) is 6.17. The van der Waals surface area contributed by atoms with Gasteiger partial charge in [-0.1, -0.05) is 0 Å². The highest BCUT2D eigenvalue weighted by atomic mass is 19.1. The van der Waals surface area contributed by atoms with Crippen molar-refractivity contribution in [2.75, 3.05) is 11.9 Å². The molecule has 0 aliphatic carbocycles. The number of nitrogens with one attached hydrogen (secondary N) is 1. The Bertz CT molecular complexity index is 654. The van der Waals surface area contributed by atoms with Crippen molar-refractivity contribution >= 4 is 11.7 Å². The molecule has 0 radical (unpaired) electrons. The van der Waals surface area contributed by atoms with Crippen LogP contribution in [0.5, 0.6) is 0 Å². The molecule has 110 valence electrons. The number of aromatic carboxylic acids is 1. The predicted octanol–water partition coefficient (Wildman–Crippen LogP) is 3.46. The number of rotatable bonds is 5. The van der Waals surface area contributed by atoms with E-state index >= 15 is 0 Å². The van der Waals surface area contributed by atoms with Crippen LogP contribution in [0.15, 0.2) is 36.4 Å². The average molecular weight is 295 g/mol. The molecule has 0 saturated heterocycles. The van der Waals surface area contributed by atoms with E-state index in [1.54, 1.807) is 0 Å². The normalized spacial score (nSPS) is 10.4. The van der Waals surface area contributed by atoms with E-state index in [-0.39, 0.29) is 17.8 Å². The number of carbonyl (C=O) groups is 1. The molecule has 0 unspecified atom stereocenters. The summed E-state index contributed by atoms with van der Waals surface area (Å²) in [6.07, 6.45) is 0.297. The van der Waals surface area contributed by atoms with Crippen LogP contribution in [-0.4, -0.2) is 17.6 Å². The lowest BCUT2D eigenvalue weighted by atomic mass is 10.1. The van der Waals surface area contributed by atoms with Gasteiger partial charge in [-0.2, -0.15) is 0 Å². The zero-order chi connectivity index (χ0) is 15.4. The Morgan fingerprint density at radius 1 is 1.00 bits per heavy atom. The summed E-state index contributed by atoms with van der Waals surface area (Å²) >= 11 is 0. The first kappa shape index (κ1) is 14.9. The van der Waals surface area contributed by atoms with Crippen molar-refractivity contribution in [2.45, 2.75) is 6.42 Å². The second-order valence-corrected chi connectivity index (χ2v) is 4.45. The Morgan fingerprint density at radius 2 is 1.67 bits per heavy atom. The van der Waals surface area contributed by atoms with Gasteiger partial charge in [0.15, 0.2) is 0 Å². The van der Waals surface area contributed by atoms with Crippen molar-refractivity contribution in [3.05, 3.63) is 65.0 Å². The topological polar surface area (TPSA) is 49.3 Å². The summed E-state index contributed by atoms with van der Waals surface area (Å²) in [5.41, 5.74) is 0.500. The van der Waals surface area contributed by atoms with Crippen molar-refractivity contribution in [2.24, 2.45) is 0 Å². The first-order valence-corrected chi connectivity index (χ1v) is 6.17. The third-order valence-electron chi connectivity index (χ3n) is 2.86. The molecule has 0 heterocycles. The fourth-order valence-electron chi connectivity index (χ4n) is 1.94. The van der Waals surface area contributed by atoms with Crippen LogP contribution >= 0.6 is 0 Å². The Labute approximate surface area is 119 Å². The summed E-state index contributed by atoms with van der Waals surface area (Å²) in [5, 5.41) is 11.8. The quantitative estimate of drug-likeness (QED) is 0.888. The monoisotopic (exact) mass is 295 g/mol. The lowest BCUT2D eigenvalue weighted by Gasteiger charge is -2.10. The van der Waals surface area contributed by atoms with Crippen molar-refractivity contribution in [1.29, 1.82) is 0 Å². The molecule has 21 heavy (non-hydrogen) atoms. The molecule has 2 aromatic carbocycles. The number of hydrogen-bond donors (Lipinski definition) is 2. The molecule has 2 aromatic rings. The zero-order valence-electron chi connectivity index (χ0n) is 10.9.